The molecule has 0 radical (unpaired) electrons. The minimum Gasteiger partial charge on any atom is -0.355 e. The van der Waals surface area contributed by atoms with E-state index in [1.54, 1.807) is 43.5 Å². The Morgan fingerprint density at radius 1 is 1.23 bits per heavy atom. The van der Waals surface area contributed by atoms with Crippen LogP contribution < -0.4 is 10.6 Å². The molecule has 154 valence electrons. The van der Waals surface area contributed by atoms with Crippen LogP contribution in [0.5, 0.6) is 0 Å². The first-order chi connectivity index (χ1) is 14.3. The third-order valence-electron chi connectivity index (χ3n) is 4.07. The number of nitrogens with one attached hydrogen (secondary N) is 2. The molecule has 0 saturated heterocycles. The molecule has 0 fully saturated rings. The van der Waals surface area contributed by atoms with Crippen molar-refractivity contribution in [3.05, 3.63) is 74.1 Å². The Labute approximate surface area is 191 Å². The van der Waals surface area contributed by atoms with Crippen LogP contribution >= 0.6 is 39.1 Å². The van der Waals surface area contributed by atoms with E-state index in [9.17, 15) is 9.59 Å². The summed E-state index contributed by atoms with van der Waals surface area (Å²) in [7, 11) is 1.51. The number of anilines is 1. The largest absolute Gasteiger partial charge is 0.355 e. The Morgan fingerprint density at radius 3 is 2.70 bits per heavy atom. The molecule has 0 aliphatic rings. The zero-order valence-corrected chi connectivity index (χ0v) is 19.0. The molecule has 0 unspecified atom stereocenters. The van der Waals surface area contributed by atoms with Gasteiger partial charge in [-0.05, 0) is 64.8 Å². The van der Waals surface area contributed by atoms with E-state index < -0.39 is 5.91 Å². The summed E-state index contributed by atoms with van der Waals surface area (Å²) >= 11 is 15.6. The van der Waals surface area contributed by atoms with Crippen molar-refractivity contribution in [1.29, 1.82) is 0 Å². The Balaban J connectivity index is 1.89. The maximum atomic E-state index is 12.6. The number of rotatable bonds is 5. The van der Waals surface area contributed by atoms with E-state index in [2.05, 4.69) is 36.6 Å². The fourth-order valence-electron chi connectivity index (χ4n) is 2.74. The van der Waals surface area contributed by atoms with Crippen LogP contribution in [0, 0.1) is 6.92 Å². The molecule has 2 heterocycles. The molecular formula is C20H16BrCl2N5O2. The van der Waals surface area contributed by atoms with Gasteiger partial charge >= 0.3 is 0 Å². The summed E-state index contributed by atoms with van der Waals surface area (Å²) in [5.41, 5.74) is 1.90. The summed E-state index contributed by atoms with van der Waals surface area (Å²) < 4.78 is 2.07. The first kappa shape index (κ1) is 22.0. The number of benzene rings is 1. The highest BCUT2D eigenvalue weighted by atomic mass is 79.9. The smallest absolute Gasteiger partial charge is 0.253 e. The molecule has 10 heteroatoms. The van der Waals surface area contributed by atoms with Gasteiger partial charge in [-0.15, -0.1) is 0 Å². The fourth-order valence-corrected chi connectivity index (χ4v) is 3.60. The summed E-state index contributed by atoms with van der Waals surface area (Å²) in [6.07, 6.45) is 4.50. The zero-order valence-electron chi connectivity index (χ0n) is 15.9. The normalized spacial score (nSPS) is 11.0. The van der Waals surface area contributed by atoms with Gasteiger partial charge < -0.3 is 10.6 Å². The van der Waals surface area contributed by atoms with Crippen molar-refractivity contribution in [3.8, 4) is 5.82 Å². The van der Waals surface area contributed by atoms with Crippen molar-refractivity contribution >= 4 is 62.7 Å². The molecule has 0 atom stereocenters. The van der Waals surface area contributed by atoms with Crippen molar-refractivity contribution in [2.45, 2.75) is 6.92 Å². The number of aromatic nitrogens is 3. The fraction of sp³-hybridized carbons (Fsp3) is 0.100. The minimum absolute atomic E-state index is 0.275. The van der Waals surface area contributed by atoms with E-state index in [-0.39, 0.29) is 11.5 Å². The van der Waals surface area contributed by atoms with Crippen molar-refractivity contribution in [2.24, 2.45) is 0 Å². The van der Waals surface area contributed by atoms with E-state index in [1.165, 1.54) is 23.9 Å². The number of hydrogen-bond donors (Lipinski definition) is 2. The minimum atomic E-state index is -0.429. The molecule has 7 nitrogen and oxygen atoms in total. The molecule has 0 aliphatic heterocycles. The lowest BCUT2D eigenvalue weighted by molar-refractivity contribution is -0.111. The monoisotopic (exact) mass is 507 g/mol. The molecule has 2 aromatic heterocycles. The Kier molecular flexibility index (Phi) is 6.91. The molecule has 2 N–H and O–H groups in total. The number of amides is 2. The van der Waals surface area contributed by atoms with Crippen LogP contribution in [0.3, 0.4) is 0 Å². The molecule has 3 aromatic rings. The molecule has 0 spiro atoms. The predicted molar refractivity (Wildman–Crippen MR) is 121 cm³/mol. The van der Waals surface area contributed by atoms with Gasteiger partial charge in [-0.3, -0.25) is 9.59 Å². The molecule has 30 heavy (non-hydrogen) atoms. The number of halogens is 3. The maximum Gasteiger partial charge on any atom is 0.253 e. The van der Waals surface area contributed by atoms with Crippen LogP contribution in [0.2, 0.25) is 10.0 Å². The van der Waals surface area contributed by atoms with Crippen molar-refractivity contribution in [2.75, 3.05) is 12.4 Å². The quantitative estimate of drug-likeness (QED) is 0.490. The molecule has 3 rings (SSSR count). The second-order valence-corrected chi connectivity index (χ2v) is 7.82. The van der Waals surface area contributed by atoms with Gasteiger partial charge in [0.25, 0.3) is 5.91 Å². The van der Waals surface area contributed by atoms with E-state index in [0.29, 0.717) is 37.4 Å². The summed E-state index contributed by atoms with van der Waals surface area (Å²) in [5, 5.41) is 10.4. The van der Waals surface area contributed by atoms with Gasteiger partial charge in [0.2, 0.25) is 5.91 Å². The Bertz CT molecular complexity index is 1160. The van der Waals surface area contributed by atoms with E-state index in [1.807, 2.05) is 0 Å². The number of carbonyl (C=O) groups is 2. The molecule has 0 aliphatic carbocycles. The molecule has 0 saturated carbocycles. The van der Waals surface area contributed by atoms with Gasteiger partial charge in [0, 0.05) is 24.3 Å². The molecule has 1 aromatic carbocycles. The number of pyridine rings is 1. The predicted octanol–water partition coefficient (Wildman–Crippen LogP) is 4.66. The van der Waals surface area contributed by atoms with Crippen LogP contribution in [0.1, 0.15) is 21.6 Å². The Hall–Kier alpha value is -2.68. The number of carbonyl (C=O) groups excluding carboxylic acids is 2. The average Bonchev–Trinajstić information content (AvgIpc) is 3.08. The molecule has 2 amide bonds. The summed E-state index contributed by atoms with van der Waals surface area (Å²) in [6, 6.07) is 8.30. The standard InChI is InChI=1S/C20H16BrCl2N5O2/c1-11-8-12(22)9-14(20(30)24-2)18(11)26-17(29)6-5-13-10-16(21)27-28(13)19-15(23)4-3-7-25-19/h3-10H,1-2H3,(H,24,30)(H,26,29)/b6-5+. The number of nitrogens with zero attached hydrogens (tertiary/aromatic N) is 3. The zero-order chi connectivity index (χ0) is 21.8. The summed E-state index contributed by atoms with van der Waals surface area (Å²) in [6.45, 7) is 1.76. The van der Waals surface area contributed by atoms with E-state index >= 15 is 0 Å². The SMILES string of the molecule is CNC(=O)c1cc(Cl)cc(C)c1NC(=O)/C=C/c1cc(Br)nn1-c1ncccc1Cl. The lowest BCUT2D eigenvalue weighted by Crippen LogP contribution is -2.21. The second kappa shape index (κ2) is 9.42. The number of aryl methyl sites for hydroxylation is 1. The van der Waals surface area contributed by atoms with Crippen LogP contribution in [0.4, 0.5) is 5.69 Å². The van der Waals surface area contributed by atoms with Gasteiger partial charge in [0.1, 0.15) is 4.60 Å². The van der Waals surface area contributed by atoms with E-state index in [0.717, 1.165) is 0 Å². The van der Waals surface area contributed by atoms with Gasteiger partial charge in [0.15, 0.2) is 5.82 Å². The third kappa shape index (κ3) is 4.89. The van der Waals surface area contributed by atoms with Crippen LogP contribution in [-0.2, 0) is 4.79 Å². The van der Waals surface area contributed by atoms with E-state index in [4.69, 9.17) is 23.2 Å². The highest BCUT2D eigenvalue weighted by Gasteiger charge is 2.16. The van der Waals surface area contributed by atoms with Crippen LogP contribution in [0.25, 0.3) is 11.9 Å². The lowest BCUT2D eigenvalue weighted by Gasteiger charge is -2.13. The summed E-state index contributed by atoms with van der Waals surface area (Å²) in [4.78, 5) is 29.0. The molecular weight excluding hydrogens is 493 g/mol. The highest BCUT2D eigenvalue weighted by molar-refractivity contribution is 9.10. The topological polar surface area (TPSA) is 88.9 Å². The van der Waals surface area contributed by atoms with Gasteiger partial charge in [-0.25, -0.2) is 9.67 Å². The lowest BCUT2D eigenvalue weighted by atomic mass is 10.1. The first-order valence-electron chi connectivity index (χ1n) is 8.68. The average molecular weight is 509 g/mol. The molecule has 0 bridgehead atoms. The van der Waals surface area contributed by atoms with Gasteiger partial charge in [-0.2, -0.15) is 5.10 Å². The van der Waals surface area contributed by atoms with Crippen molar-refractivity contribution < 1.29 is 9.59 Å². The van der Waals surface area contributed by atoms with Gasteiger partial charge in [0.05, 0.1) is 22.0 Å². The van der Waals surface area contributed by atoms with Crippen LogP contribution in [-0.4, -0.2) is 33.6 Å². The number of hydrogen-bond acceptors (Lipinski definition) is 4. The summed E-state index contributed by atoms with van der Waals surface area (Å²) in [5.74, 6) is -0.353. The highest BCUT2D eigenvalue weighted by Crippen LogP contribution is 2.26. The van der Waals surface area contributed by atoms with Crippen LogP contribution in [0.15, 0.2) is 47.2 Å². The second-order valence-electron chi connectivity index (χ2n) is 6.16. The Morgan fingerprint density at radius 2 is 2.00 bits per heavy atom. The first-order valence-corrected chi connectivity index (χ1v) is 10.2. The third-order valence-corrected chi connectivity index (χ3v) is 4.97. The van der Waals surface area contributed by atoms with Gasteiger partial charge in [-0.1, -0.05) is 23.2 Å². The van der Waals surface area contributed by atoms with Crippen molar-refractivity contribution in [3.63, 3.8) is 0 Å². The van der Waals surface area contributed by atoms with Crippen molar-refractivity contribution in [1.82, 2.24) is 20.1 Å². The maximum absolute atomic E-state index is 12.6.